The first kappa shape index (κ1) is 32.8. The third-order valence-corrected chi connectivity index (χ3v) is 12.6. The zero-order chi connectivity index (χ0) is 29.4. The van der Waals surface area contributed by atoms with Crippen LogP contribution in [0.4, 0.5) is 0 Å². The Morgan fingerprint density at radius 1 is 0.925 bits per heavy atom. The summed E-state index contributed by atoms with van der Waals surface area (Å²) in [7, 11) is 0. The van der Waals surface area contributed by atoms with E-state index < -0.39 is 36.5 Å². The Morgan fingerprint density at radius 3 is 2.33 bits per heavy atom. The van der Waals surface area contributed by atoms with Gasteiger partial charge < -0.3 is 30.3 Å². The van der Waals surface area contributed by atoms with Crippen molar-refractivity contribution in [1.29, 1.82) is 0 Å². The standard InChI is InChI=1S/C27H46O.C6H12O5S/c1-18(2)7-6-8-19(3)23-11-12-24-22-10-9-20-17-21(28)13-15-26(20,4)25(22)14-16-27(23,24)5;7-1-2-3(8)4(9)5(10)6(12)11-2/h9,18-19,21-25,28H,6-8,10-17H2,1-5H3;2-10,12H,1H2/t;2-,3-,4+,5-,6?/m.1/s1. The van der Waals surface area contributed by atoms with Gasteiger partial charge in [-0.2, -0.15) is 0 Å². The number of ether oxygens (including phenoxy) is 1. The maximum Gasteiger partial charge on any atom is 0.129 e. The molecule has 0 radical (unpaired) electrons. The summed E-state index contributed by atoms with van der Waals surface area (Å²) in [4.78, 5) is 0. The molecule has 0 amide bonds. The van der Waals surface area contributed by atoms with Crippen LogP contribution in [-0.2, 0) is 4.74 Å². The maximum atomic E-state index is 10.2. The maximum absolute atomic E-state index is 10.2. The van der Waals surface area contributed by atoms with Gasteiger partial charge in [-0.05, 0) is 97.7 Å². The van der Waals surface area contributed by atoms with Crippen molar-refractivity contribution < 1.29 is 30.3 Å². The summed E-state index contributed by atoms with van der Waals surface area (Å²) in [6, 6.07) is 0. The van der Waals surface area contributed by atoms with Crippen molar-refractivity contribution in [1.82, 2.24) is 0 Å². The SMILES string of the molecule is CC(C)CCCC(C)C1CCC2C3CC=C4CC(O)CCC4(C)C3CCC12C.OC[C@H]1OC(S)[C@H](O)[C@@H](O)[C@@H]1O. The Bertz CT molecular complexity index is 861. The van der Waals surface area contributed by atoms with Gasteiger partial charge in [0.1, 0.15) is 29.9 Å². The Kier molecular flexibility index (Phi) is 10.8. The molecule has 0 aromatic carbocycles. The Hall–Kier alpha value is -0.150. The number of hydrogen-bond acceptors (Lipinski definition) is 7. The molecule has 5 rings (SSSR count). The zero-order valence-electron chi connectivity index (χ0n) is 25.6. The van der Waals surface area contributed by atoms with E-state index >= 15 is 0 Å². The highest BCUT2D eigenvalue weighted by atomic mass is 32.1. The molecule has 4 aliphatic carbocycles. The Balaban J connectivity index is 0.000000259. The molecule has 0 aromatic rings. The highest BCUT2D eigenvalue weighted by molar-refractivity contribution is 7.80. The van der Waals surface area contributed by atoms with E-state index in [1.54, 1.807) is 5.57 Å². The summed E-state index contributed by atoms with van der Waals surface area (Å²) in [6.45, 7) is 12.2. The van der Waals surface area contributed by atoms with Crippen LogP contribution in [-0.4, -0.2) is 68.1 Å². The summed E-state index contributed by atoms with van der Waals surface area (Å²) < 4.78 is 4.88. The van der Waals surface area contributed by atoms with E-state index in [-0.39, 0.29) is 6.10 Å². The minimum absolute atomic E-state index is 0.0766. The number of aliphatic hydroxyl groups is 5. The van der Waals surface area contributed by atoms with Crippen molar-refractivity contribution in [3.05, 3.63) is 11.6 Å². The Morgan fingerprint density at radius 2 is 1.65 bits per heavy atom. The molecule has 1 aliphatic heterocycles. The largest absolute Gasteiger partial charge is 0.394 e. The first-order valence-corrected chi connectivity index (χ1v) is 16.7. The van der Waals surface area contributed by atoms with Crippen LogP contribution in [0.25, 0.3) is 0 Å². The van der Waals surface area contributed by atoms with Gasteiger partial charge in [-0.25, -0.2) is 0 Å². The quantitative estimate of drug-likeness (QED) is 0.192. The lowest BCUT2D eigenvalue weighted by molar-refractivity contribution is -0.205. The van der Waals surface area contributed by atoms with E-state index in [1.165, 1.54) is 57.8 Å². The third-order valence-electron chi connectivity index (χ3n) is 12.1. The first-order chi connectivity index (χ1) is 18.8. The monoisotopic (exact) mass is 582 g/mol. The summed E-state index contributed by atoms with van der Waals surface area (Å²) in [6.07, 6.45) is 12.5. The van der Waals surface area contributed by atoms with Crippen molar-refractivity contribution in [2.75, 3.05) is 6.61 Å². The molecule has 4 fully saturated rings. The van der Waals surface area contributed by atoms with Crippen LogP contribution >= 0.6 is 12.6 Å². The average Bonchev–Trinajstić information content (AvgIpc) is 3.27. The van der Waals surface area contributed by atoms with Gasteiger partial charge in [0.05, 0.1) is 12.7 Å². The molecule has 0 bridgehead atoms. The van der Waals surface area contributed by atoms with Crippen LogP contribution < -0.4 is 0 Å². The van der Waals surface area contributed by atoms with E-state index in [1.807, 2.05) is 0 Å². The highest BCUT2D eigenvalue weighted by Gasteiger charge is 2.59. The molecule has 0 spiro atoms. The molecule has 1 heterocycles. The lowest BCUT2D eigenvalue weighted by Crippen LogP contribution is -2.56. The van der Waals surface area contributed by atoms with Crippen LogP contribution in [0.2, 0.25) is 0 Å². The fraction of sp³-hybridized carbons (Fsp3) is 0.939. The van der Waals surface area contributed by atoms with Crippen LogP contribution in [0.1, 0.15) is 105 Å². The molecule has 13 atom stereocenters. The van der Waals surface area contributed by atoms with E-state index in [2.05, 4.69) is 53.3 Å². The van der Waals surface area contributed by atoms with Gasteiger partial charge in [0.15, 0.2) is 0 Å². The van der Waals surface area contributed by atoms with Crippen molar-refractivity contribution >= 4 is 12.6 Å². The molecule has 7 heteroatoms. The Labute approximate surface area is 248 Å². The number of fused-ring (bicyclic) bond motifs is 5. The molecule has 1 saturated heterocycles. The van der Waals surface area contributed by atoms with Crippen LogP contribution in [0, 0.1) is 46.3 Å². The summed E-state index contributed by atoms with van der Waals surface area (Å²) in [5, 5.41) is 46.4. The van der Waals surface area contributed by atoms with Crippen molar-refractivity contribution in [2.24, 2.45) is 46.3 Å². The fourth-order valence-electron chi connectivity index (χ4n) is 9.75. The second kappa shape index (κ2) is 13.2. The first-order valence-electron chi connectivity index (χ1n) is 16.2. The number of hydrogen-bond donors (Lipinski definition) is 6. The van der Waals surface area contributed by atoms with Gasteiger partial charge in [-0.15, -0.1) is 12.6 Å². The summed E-state index contributed by atoms with van der Waals surface area (Å²) in [5.74, 6) is 5.46. The third kappa shape index (κ3) is 6.37. The fourth-order valence-corrected chi connectivity index (χ4v) is 10.1. The zero-order valence-corrected chi connectivity index (χ0v) is 26.5. The number of thiol groups is 1. The van der Waals surface area contributed by atoms with Crippen molar-refractivity contribution in [2.45, 2.75) is 141 Å². The predicted molar refractivity (Wildman–Crippen MR) is 162 cm³/mol. The minimum atomic E-state index is -1.32. The second-order valence-electron chi connectivity index (χ2n) is 14.9. The molecule has 9 unspecified atom stereocenters. The van der Waals surface area contributed by atoms with Crippen LogP contribution in [0.3, 0.4) is 0 Å². The van der Waals surface area contributed by atoms with Gasteiger partial charge in [-0.1, -0.05) is 65.5 Å². The predicted octanol–water partition coefficient (Wildman–Crippen LogP) is 5.10. The van der Waals surface area contributed by atoms with Gasteiger partial charge in [0.25, 0.3) is 0 Å². The second-order valence-corrected chi connectivity index (χ2v) is 15.4. The topological polar surface area (TPSA) is 110 Å². The van der Waals surface area contributed by atoms with Crippen LogP contribution in [0.5, 0.6) is 0 Å². The summed E-state index contributed by atoms with van der Waals surface area (Å²) in [5.41, 5.74) is 1.73. The van der Waals surface area contributed by atoms with Gasteiger partial charge in [0.2, 0.25) is 0 Å². The van der Waals surface area contributed by atoms with E-state index in [4.69, 9.17) is 14.9 Å². The molecule has 232 valence electrons. The van der Waals surface area contributed by atoms with E-state index in [9.17, 15) is 15.3 Å². The highest BCUT2D eigenvalue weighted by Crippen LogP contribution is 2.67. The van der Waals surface area contributed by atoms with Crippen molar-refractivity contribution in [3.8, 4) is 0 Å². The average molecular weight is 583 g/mol. The van der Waals surface area contributed by atoms with Gasteiger partial charge in [-0.3, -0.25) is 0 Å². The van der Waals surface area contributed by atoms with Gasteiger partial charge >= 0.3 is 0 Å². The number of allylic oxidation sites excluding steroid dienone is 1. The molecule has 5 aliphatic rings. The number of aliphatic hydroxyl groups excluding tert-OH is 5. The molecule has 6 nitrogen and oxygen atoms in total. The molecule has 5 N–H and O–H groups in total. The lowest BCUT2D eigenvalue weighted by atomic mass is 9.47. The summed E-state index contributed by atoms with van der Waals surface area (Å²) >= 11 is 3.81. The molecular formula is C33H58O6S. The minimum Gasteiger partial charge on any atom is -0.394 e. The van der Waals surface area contributed by atoms with Gasteiger partial charge in [0, 0.05) is 0 Å². The van der Waals surface area contributed by atoms with Crippen molar-refractivity contribution in [3.63, 3.8) is 0 Å². The molecule has 40 heavy (non-hydrogen) atoms. The van der Waals surface area contributed by atoms with Crippen LogP contribution in [0.15, 0.2) is 11.6 Å². The molecule has 0 aromatic heterocycles. The van der Waals surface area contributed by atoms with E-state index in [0.29, 0.717) is 10.8 Å². The molecule has 3 saturated carbocycles. The molecular weight excluding hydrogens is 524 g/mol. The lowest BCUT2D eigenvalue weighted by Gasteiger charge is -2.58. The number of rotatable bonds is 6. The normalized spacial score (nSPS) is 47.4. The smallest absolute Gasteiger partial charge is 0.129 e. The van der Waals surface area contributed by atoms with E-state index in [0.717, 1.165) is 48.3 Å².